The van der Waals surface area contributed by atoms with E-state index in [1.165, 1.54) is 4.90 Å². The number of nitriles is 1. The normalized spacial score (nSPS) is 10.2. The molecule has 0 spiro atoms. The summed E-state index contributed by atoms with van der Waals surface area (Å²) >= 11 is 0. The van der Waals surface area contributed by atoms with Crippen molar-refractivity contribution < 1.29 is 4.79 Å². The molecule has 0 aliphatic heterocycles. The van der Waals surface area contributed by atoms with E-state index in [1.807, 2.05) is 55.1 Å². The molecule has 0 saturated carbocycles. The molecule has 0 bridgehead atoms. The fourth-order valence-corrected chi connectivity index (χ4v) is 2.13. The van der Waals surface area contributed by atoms with Crippen molar-refractivity contribution in [3.8, 4) is 6.19 Å². The van der Waals surface area contributed by atoms with Gasteiger partial charge >= 0.3 is 0 Å². The summed E-state index contributed by atoms with van der Waals surface area (Å²) in [5.74, 6) is -0.271. The Labute approximate surface area is 118 Å². The van der Waals surface area contributed by atoms with Gasteiger partial charge < -0.3 is 4.57 Å². The lowest BCUT2D eigenvalue weighted by atomic mass is 10.2. The molecule has 0 saturated heterocycles. The number of aromatic nitrogens is 1. The molecule has 4 nitrogen and oxygen atoms in total. The number of hydrogen-bond donors (Lipinski definition) is 0. The van der Waals surface area contributed by atoms with Crippen molar-refractivity contribution in [3.63, 3.8) is 0 Å². The van der Waals surface area contributed by atoms with Gasteiger partial charge in [0, 0.05) is 24.5 Å². The predicted molar refractivity (Wildman–Crippen MR) is 79.0 cm³/mol. The lowest BCUT2D eigenvalue weighted by Gasteiger charge is -2.14. The number of benzene rings is 1. The molecule has 0 aliphatic rings. The van der Waals surface area contributed by atoms with Crippen LogP contribution in [0, 0.1) is 11.5 Å². The zero-order valence-corrected chi connectivity index (χ0v) is 11.8. The van der Waals surface area contributed by atoms with Crippen molar-refractivity contribution in [2.45, 2.75) is 13.3 Å². The highest BCUT2D eigenvalue weighted by Gasteiger charge is 2.19. The molecule has 2 rings (SSSR count). The average Bonchev–Trinajstić information content (AvgIpc) is 2.77. The maximum atomic E-state index is 12.4. The molecular weight excluding hydrogens is 250 g/mol. The molecule has 1 heterocycles. The van der Waals surface area contributed by atoms with Crippen molar-refractivity contribution in [2.24, 2.45) is 7.05 Å². The number of para-hydroxylation sites is 1. The van der Waals surface area contributed by atoms with Gasteiger partial charge in [0.15, 0.2) is 6.19 Å². The third kappa shape index (κ3) is 2.57. The Hall–Kier alpha value is -2.54. The standard InChI is InChI=1S/C16H17N3O/c1-12(2)8-9-19(11-17)16(20)15-10-13-6-4-5-7-14(13)18(15)3/h4-7,10H,1,8-9H2,2-3H3. The van der Waals surface area contributed by atoms with Gasteiger partial charge in [0.1, 0.15) is 5.69 Å². The lowest BCUT2D eigenvalue weighted by Crippen LogP contribution is -2.28. The van der Waals surface area contributed by atoms with Gasteiger partial charge in [-0.25, -0.2) is 4.90 Å². The van der Waals surface area contributed by atoms with Gasteiger partial charge in [0.2, 0.25) is 0 Å². The summed E-state index contributed by atoms with van der Waals surface area (Å²) in [6, 6.07) is 9.59. The Morgan fingerprint density at radius 3 is 2.75 bits per heavy atom. The highest BCUT2D eigenvalue weighted by atomic mass is 16.2. The first-order valence-electron chi connectivity index (χ1n) is 6.45. The van der Waals surface area contributed by atoms with Gasteiger partial charge in [-0.3, -0.25) is 4.79 Å². The molecule has 1 aromatic heterocycles. The van der Waals surface area contributed by atoms with Crippen LogP contribution < -0.4 is 0 Å². The van der Waals surface area contributed by atoms with Crippen LogP contribution in [-0.2, 0) is 7.05 Å². The third-order valence-electron chi connectivity index (χ3n) is 3.30. The van der Waals surface area contributed by atoms with Crippen LogP contribution in [0.5, 0.6) is 0 Å². The predicted octanol–water partition coefficient (Wildman–Crippen LogP) is 3.07. The van der Waals surface area contributed by atoms with E-state index in [9.17, 15) is 4.79 Å². The molecule has 102 valence electrons. The van der Waals surface area contributed by atoms with Gasteiger partial charge in [0.25, 0.3) is 5.91 Å². The number of fused-ring (bicyclic) bond motifs is 1. The van der Waals surface area contributed by atoms with Gasteiger partial charge in [-0.05, 0) is 25.5 Å². The van der Waals surface area contributed by atoms with Crippen molar-refractivity contribution in [1.29, 1.82) is 5.26 Å². The minimum atomic E-state index is -0.271. The van der Waals surface area contributed by atoms with Crippen molar-refractivity contribution in [3.05, 3.63) is 48.2 Å². The Morgan fingerprint density at radius 1 is 1.45 bits per heavy atom. The van der Waals surface area contributed by atoms with E-state index in [0.717, 1.165) is 16.5 Å². The third-order valence-corrected chi connectivity index (χ3v) is 3.30. The van der Waals surface area contributed by atoms with E-state index in [2.05, 4.69) is 6.58 Å². The Balaban J connectivity index is 2.32. The SMILES string of the molecule is C=C(C)CCN(C#N)C(=O)c1cc2ccccc2n1C. The minimum absolute atomic E-state index is 0.271. The topological polar surface area (TPSA) is 49.0 Å². The van der Waals surface area contributed by atoms with E-state index in [1.54, 1.807) is 0 Å². The summed E-state index contributed by atoms with van der Waals surface area (Å²) in [6.07, 6.45) is 2.58. The molecule has 0 fully saturated rings. The maximum absolute atomic E-state index is 12.4. The van der Waals surface area contributed by atoms with Crippen molar-refractivity contribution in [2.75, 3.05) is 6.54 Å². The van der Waals surface area contributed by atoms with E-state index in [-0.39, 0.29) is 5.91 Å². The van der Waals surface area contributed by atoms with E-state index >= 15 is 0 Å². The van der Waals surface area contributed by atoms with Crippen molar-refractivity contribution >= 4 is 16.8 Å². The summed E-state index contributed by atoms with van der Waals surface area (Å²) in [4.78, 5) is 13.6. The summed E-state index contributed by atoms with van der Waals surface area (Å²) in [6.45, 7) is 6.05. The van der Waals surface area contributed by atoms with Crippen molar-refractivity contribution in [1.82, 2.24) is 9.47 Å². The van der Waals surface area contributed by atoms with Crippen LogP contribution >= 0.6 is 0 Å². The summed E-state index contributed by atoms with van der Waals surface area (Å²) in [5.41, 5.74) is 2.46. The van der Waals surface area contributed by atoms with Gasteiger partial charge in [0.05, 0.1) is 0 Å². The highest BCUT2D eigenvalue weighted by molar-refractivity contribution is 5.99. The number of nitrogens with zero attached hydrogens (tertiary/aromatic N) is 3. The molecule has 0 atom stereocenters. The van der Waals surface area contributed by atoms with Crippen LogP contribution in [0.3, 0.4) is 0 Å². The first-order valence-corrected chi connectivity index (χ1v) is 6.45. The summed E-state index contributed by atoms with van der Waals surface area (Å²) < 4.78 is 1.82. The molecule has 4 heteroatoms. The number of carbonyl (C=O) groups excluding carboxylic acids is 1. The fourth-order valence-electron chi connectivity index (χ4n) is 2.13. The lowest BCUT2D eigenvalue weighted by molar-refractivity contribution is 0.0825. The molecule has 0 unspecified atom stereocenters. The quantitative estimate of drug-likeness (QED) is 0.485. The largest absolute Gasteiger partial charge is 0.340 e. The van der Waals surface area contributed by atoms with Crippen LogP contribution in [0.25, 0.3) is 10.9 Å². The average molecular weight is 267 g/mol. The zero-order valence-electron chi connectivity index (χ0n) is 11.8. The summed E-state index contributed by atoms with van der Waals surface area (Å²) in [5, 5.41) is 10.1. The Morgan fingerprint density at radius 2 is 2.15 bits per heavy atom. The zero-order chi connectivity index (χ0) is 14.7. The molecule has 0 aliphatic carbocycles. The first-order chi connectivity index (χ1) is 9.54. The molecule has 0 radical (unpaired) electrons. The van der Waals surface area contributed by atoms with Crippen LogP contribution in [0.4, 0.5) is 0 Å². The molecule has 1 aromatic carbocycles. The second kappa shape index (κ2) is 5.62. The van der Waals surface area contributed by atoms with Gasteiger partial charge in [-0.15, -0.1) is 6.58 Å². The molecule has 0 N–H and O–H groups in total. The first kappa shape index (κ1) is 13.9. The van der Waals surface area contributed by atoms with Crippen LogP contribution in [-0.4, -0.2) is 21.9 Å². The number of rotatable bonds is 4. The van der Waals surface area contributed by atoms with Crippen LogP contribution in [0.1, 0.15) is 23.8 Å². The minimum Gasteiger partial charge on any atom is -0.340 e. The van der Waals surface area contributed by atoms with Crippen LogP contribution in [0.2, 0.25) is 0 Å². The fraction of sp³-hybridized carbons (Fsp3) is 0.250. The Bertz CT molecular complexity index is 706. The Kier molecular flexibility index (Phi) is 3.90. The molecule has 1 amide bonds. The summed E-state index contributed by atoms with van der Waals surface area (Å²) in [7, 11) is 1.84. The highest BCUT2D eigenvalue weighted by Crippen LogP contribution is 2.19. The van der Waals surface area contributed by atoms with E-state index in [4.69, 9.17) is 5.26 Å². The monoisotopic (exact) mass is 267 g/mol. The number of hydrogen-bond acceptors (Lipinski definition) is 2. The number of carbonyl (C=O) groups is 1. The van der Waals surface area contributed by atoms with Crippen LogP contribution in [0.15, 0.2) is 42.5 Å². The smallest absolute Gasteiger partial charge is 0.283 e. The number of amides is 1. The second-order valence-corrected chi connectivity index (χ2v) is 4.91. The van der Waals surface area contributed by atoms with E-state index < -0.39 is 0 Å². The molecule has 2 aromatic rings. The van der Waals surface area contributed by atoms with Gasteiger partial charge in [-0.2, -0.15) is 5.26 Å². The van der Waals surface area contributed by atoms with Gasteiger partial charge in [-0.1, -0.05) is 23.8 Å². The molecular formula is C16H17N3O. The second-order valence-electron chi connectivity index (χ2n) is 4.91. The molecule has 20 heavy (non-hydrogen) atoms. The maximum Gasteiger partial charge on any atom is 0.283 e. The number of aryl methyl sites for hydroxylation is 1. The van der Waals surface area contributed by atoms with E-state index in [0.29, 0.717) is 18.7 Å².